The lowest BCUT2D eigenvalue weighted by Gasteiger charge is -2.34. The van der Waals surface area contributed by atoms with Crippen LogP contribution >= 0.6 is 11.3 Å². The van der Waals surface area contributed by atoms with Gasteiger partial charge in [0.05, 0.1) is 17.1 Å². The molecular formula is C22H27N5OS. The molecule has 29 heavy (non-hydrogen) atoms. The number of amides is 1. The normalized spacial score (nSPS) is 18.1. The van der Waals surface area contributed by atoms with Crippen LogP contribution in [0, 0.1) is 0 Å². The van der Waals surface area contributed by atoms with Crippen LogP contribution in [-0.4, -0.2) is 56.7 Å². The van der Waals surface area contributed by atoms with Gasteiger partial charge >= 0.3 is 0 Å². The molecule has 0 spiro atoms. The Morgan fingerprint density at radius 2 is 2.03 bits per heavy atom. The van der Waals surface area contributed by atoms with Crippen LogP contribution in [0.4, 0.5) is 0 Å². The Morgan fingerprint density at radius 1 is 1.24 bits per heavy atom. The lowest BCUT2D eigenvalue weighted by atomic mass is 10.1. The van der Waals surface area contributed by atoms with E-state index in [1.165, 1.54) is 17.7 Å². The first-order valence-corrected chi connectivity index (χ1v) is 11.4. The molecular weight excluding hydrogens is 382 g/mol. The van der Waals surface area contributed by atoms with Gasteiger partial charge < -0.3 is 4.90 Å². The molecule has 0 atom stereocenters. The number of nitrogens with zero attached hydrogens (tertiary/aromatic N) is 5. The number of thiophene rings is 1. The third-order valence-electron chi connectivity index (χ3n) is 5.92. The van der Waals surface area contributed by atoms with Crippen LogP contribution in [0.3, 0.4) is 0 Å². The second kappa shape index (κ2) is 7.54. The van der Waals surface area contributed by atoms with Crippen molar-refractivity contribution in [2.75, 3.05) is 26.2 Å². The van der Waals surface area contributed by atoms with Gasteiger partial charge in [0, 0.05) is 55.3 Å². The molecule has 2 aliphatic rings. The fourth-order valence-electron chi connectivity index (χ4n) is 4.08. The molecule has 4 heterocycles. The van der Waals surface area contributed by atoms with Gasteiger partial charge in [0.2, 0.25) is 0 Å². The molecule has 2 fully saturated rings. The summed E-state index contributed by atoms with van der Waals surface area (Å²) in [6.07, 6.45) is 4.16. The highest BCUT2D eigenvalue weighted by molar-refractivity contribution is 7.09. The van der Waals surface area contributed by atoms with Crippen molar-refractivity contribution in [3.63, 3.8) is 0 Å². The Kier molecular flexibility index (Phi) is 4.87. The fourth-order valence-corrected chi connectivity index (χ4v) is 4.83. The first-order chi connectivity index (χ1) is 14.1. The molecule has 1 aliphatic heterocycles. The summed E-state index contributed by atoms with van der Waals surface area (Å²) in [7, 11) is 0. The summed E-state index contributed by atoms with van der Waals surface area (Å²) >= 11 is 1.80. The van der Waals surface area contributed by atoms with Gasteiger partial charge in [-0.05, 0) is 44.2 Å². The SMILES string of the molecule is CC(C)n1ncc2c(C(=O)N3CCN(Cc4cccs4)CC3)cc(C3CC3)nc21. The zero-order valence-corrected chi connectivity index (χ0v) is 17.9. The van der Waals surface area contributed by atoms with Crippen molar-refractivity contribution in [3.8, 4) is 0 Å². The average Bonchev–Trinajstić information content (AvgIpc) is 3.28. The van der Waals surface area contributed by atoms with Crippen molar-refractivity contribution in [1.82, 2.24) is 24.6 Å². The van der Waals surface area contributed by atoms with Crippen LogP contribution in [0.25, 0.3) is 11.0 Å². The Hall–Kier alpha value is -2.25. The molecule has 7 heteroatoms. The minimum absolute atomic E-state index is 0.123. The summed E-state index contributed by atoms with van der Waals surface area (Å²) < 4.78 is 1.94. The Bertz CT molecular complexity index is 1010. The molecule has 1 saturated carbocycles. The van der Waals surface area contributed by atoms with Gasteiger partial charge in [-0.1, -0.05) is 6.07 Å². The number of hydrogen-bond acceptors (Lipinski definition) is 5. The van der Waals surface area contributed by atoms with E-state index in [-0.39, 0.29) is 11.9 Å². The molecule has 1 amide bonds. The van der Waals surface area contributed by atoms with Gasteiger partial charge in [-0.15, -0.1) is 11.3 Å². The van der Waals surface area contributed by atoms with Crippen LogP contribution in [0.1, 0.15) is 59.6 Å². The van der Waals surface area contributed by atoms with E-state index < -0.39 is 0 Å². The summed E-state index contributed by atoms with van der Waals surface area (Å²) in [6.45, 7) is 8.55. The summed E-state index contributed by atoms with van der Waals surface area (Å²) in [6, 6.07) is 6.54. The Labute approximate surface area is 175 Å². The van der Waals surface area contributed by atoms with E-state index in [2.05, 4.69) is 41.4 Å². The van der Waals surface area contributed by atoms with E-state index >= 15 is 0 Å². The van der Waals surface area contributed by atoms with E-state index in [1.54, 1.807) is 11.3 Å². The van der Waals surface area contributed by atoms with Gasteiger partial charge in [0.1, 0.15) is 0 Å². The first-order valence-electron chi connectivity index (χ1n) is 10.5. The van der Waals surface area contributed by atoms with Gasteiger partial charge in [-0.2, -0.15) is 5.10 Å². The number of hydrogen-bond donors (Lipinski definition) is 0. The molecule has 0 unspecified atom stereocenters. The molecule has 3 aromatic rings. The van der Waals surface area contributed by atoms with Gasteiger partial charge in [-0.25, -0.2) is 9.67 Å². The van der Waals surface area contributed by atoms with E-state index in [4.69, 9.17) is 4.98 Å². The predicted molar refractivity (Wildman–Crippen MR) is 115 cm³/mol. The standard InChI is InChI=1S/C22H27N5OS/c1-15(2)27-21-19(13-23-27)18(12-20(24-21)16-5-6-16)22(28)26-9-7-25(8-10-26)14-17-4-3-11-29-17/h3-4,11-13,15-16H,5-10,14H2,1-2H3. The van der Waals surface area contributed by atoms with Crippen molar-refractivity contribution in [2.24, 2.45) is 0 Å². The highest BCUT2D eigenvalue weighted by atomic mass is 32.1. The quantitative estimate of drug-likeness (QED) is 0.641. The van der Waals surface area contributed by atoms with Crippen LogP contribution in [0.2, 0.25) is 0 Å². The molecule has 0 bridgehead atoms. The van der Waals surface area contributed by atoms with Crippen molar-refractivity contribution >= 4 is 28.3 Å². The highest BCUT2D eigenvalue weighted by Gasteiger charge is 2.30. The van der Waals surface area contributed by atoms with Crippen LogP contribution in [0.5, 0.6) is 0 Å². The lowest BCUT2D eigenvalue weighted by Crippen LogP contribution is -2.48. The number of pyridine rings is 1. The number of carbonyl (C=O) groups excluding carboxylic acids is 1. The molecule has 5 rings (SSSR count). The monoisotopic (exact) mass is 409 g/mol. The fraction of sp³-hybridized carbons (Fsp3) is 0.500. The third kappa shape index (κ3) is 3.69. The van der Waals surface area contributed by atoms with E-state index in [0.29, 0.717) is 5.92 Å². The lowest BCUT2D eigenvalue weighted by molar-refractivity contribution is 0.0631. The number of fused-ring (bicyclic) bond motifs is 1. The largest absolute Gasteiger partial charge is 0.336 e. The molecule has 1 aliphatic carbocycles. The molecule has 0 N–H and O–H groups in total. The number of carbonyl (C=O) groups is 1. The second-order valence-corrected chi connectivity index (χ2v) is 9.47. The van der Waals surface area contributed by atoms with Crippen molar-refractivity contribution in [3.05, 3.63) is 45.9 Å². The molecule has 0 aromatic carbocycles. The predicted octanol–water partition coefficient (Wildman–Crippen LogP) is 3.91. The number of piperazine rings is 1. The van der Waals surface area contributed by atoms with Gasteiger partial charge in [0.25, 0.3) is 5.91 Å². The molecule has 152 valence electrons. The summed E-state index contributed by atoms with van der Waals surface area (Å²) in [5, 5.41) is 7.54. The second-order valence-electron chi connectivity index (χ2n) is 8.44. The molecule has 6 nitrogen and oxygen atoms in total. The topological polar surface area (TPSA) is 54.3 Å². The van der Waals surface area contributed by atoms with Crippen molar-refractivity contribution in [1.29, 1.82) is 0 Å². The number of aromatic nitrogens is 3. The zero-order chi connectivity index (χ0) is 20.0. The van der Waals surface area contributed by atoms with Gasteiger partial charge in [0.15, 0.2) is 5.65 Å². The van der Waals surface area contributed by atoms with Crippen molar-refractivity contribution < 1.29 is 4.79 Å². The summed E-state index contributed by atoms with van der Waals surface area (Å²) in [5.41, 5.74) is 2.68. The Balaban J connectivity index is 1.38. The van der Waals surface area contributed by atoms with Crippen molar-refractivity contribution in [2.45, 2.75) is 45.2 Å². The van der Waals surface area contributed by atoms with E-state index in [9.17, 15) is 4.79 Å². The molecule has 1 saturated heterocycles. The minimum Gasteiger partial charge on any atom is -0.336 e. The van der Waals surface area contributed by atoms with E-state index in [0.717, 1.165) is 55.0 Å². The van der Waals surface area contributed by atoms with Crippen LogP contribution in [0.15, 0.2) is 29.8 Å². The highest BCUT2D eigenvalue weighted by Crippen LogP contribution is 2.40. The number of rotatable bonds is 5. The van der Waals surface area contributed by atoms with Crippen LogP contribution < -0.4 is 0 Å². The minimum atomic E-state index is 0.123. The zero-order valence-electron chi connectivity index (χ0n) is 17.0. The smallest absolute Gasteiger partial charge is 0.254 e. The Morgan fingerprint density at radius 3 is 2.69 bits per heavy atom. The van der Waals surface area contributed by atoms with E-state index in [1.807, 2.05) is 21.8 Å². The average molecular weight is 410 g/mol. The molecule has 3 aromatic heterocycles. The molecule has 0 radical (unpaired) electrons. The maximum absolute atomic E-state index is 13.5. The van der Waals surface area contributed by atoms with Gasteiger partial charge in [-0.3, -0.25) is 9.69 Å². The third-order valence-corrected chi connectivity index (χ3v) is 6.78. The summed E-state index contributed by atoms with van der Waals surface area (Å²) in [4.78, 5) is 24.2. The van der Waals surface area contributed by atoms with Crippen LogP contribution in [-0.2, 0) is 6.54 Å². The maximum Gasteiger partial charge on any atom is 0.254 e. The maximum atomic E-state index is 13.5. The first kappa shape index (κ1) is 18.8. The summed E-state index contributed by atoms with van der Waals surface area (Å²) in [5.74, 6) is 0.627.